The molecule has 8 nitrogen and oxygen atoms in total. The maximum Gasteiger partial charge on any atom is 0.308 e. The SMILES string of the molecule is CCOC(=O)C[C@@H](c1ccc(=O)n(Cc2ccccc2)c1)n1ccc(CCCc2ccc3c(n2)NCCC3)n1. The third-order valence-corrected chi connectivity index (χ3v) is 7.05. The predicted molar refractivity (Wildman–Crippen MR) is 151 cm³/mol. The zero-order chi connectivity index (χ0) is 27.0. The van der Waals surface area contributed by atoms with Crippen LogP contribution in [0, 0.1) is 0 Å². The fourth-order valence-corrected chi connectivity index (χ4v) is 5.04. The van der Waals surface area contributed by atoms with Gasteiger partial charge in [-0.2, -0.15) is 5.10 Å². The van der Waals surface area contributed by atoms with Crippen LogP contribution < -0.4 is 10.9 Å². The molecule has 0 saturated carbocycles. The Kier molecular flexibility index (Phi) is 8.51. The number of anilines is 1. The molecule has 0 radical (unpaired) electrons. The summed E-state index contributed by atoms with van der Waals surface area (Å²) in [6, 6.07) is 19.1. The third-order valence-electron chi connectivity index (χ3n) is 7.05. The molecule has 1 aromatic carbocycles. The fourth-order valence-electron chi connectivity index (χ4n) is 5.04. The lowest BCUT2D eigenvalue weighted by Crippen LogP contribution is -2.23. The number of hydrogen-bond acceptors (Lipinski definition) is 6. The highest BCUT2D eigenvalue weighted by Crippen LogP contribution is 2.23. The van der Waals surface area contributed by atoms with Gasteiger partial charge in [-0.3, -0.25) is 14.3 Å². The van der Waals surface area contributed by atoms with Crippen LogP contribution in [0.5, 0.6) is 0 Å². The highest BCUT2D eigenvalue weighted by Gasteiger charge is 2.21. The Balaban J connectivity index is 1.31. The van der Waals surface area contributed by atoms with E-state index in [1.165, 1.54) is 5.56 Å². The Bertz CT molecular complexity index is 1460. The van der Waals surface area contributed by atoms with Crippen molar-refractivity contribution in [1.82, 2.24) is 19.3 Å². The van der Waals surface area contributed by atoms with E-state index in [9.17, 15) is 9.59 Å². The number of nitrogens with zero attached hydrogens (tertiary/aromatic N) is 4. The smallest absolute Gasteiger partial charge is 0.308 e. The minimum Gasteiger partial charge on any atom is -0.466 e. The van der Waals surface area contributed by atoms with E-state index in [0.717, 1.165) is 67.0 Å². The second kappa shape index (κ2) is 12.6. The van der Waals surface area contributed by atoms with E-state index in [0.29, 0.717) is 13.2 Å². The van der Waals surface area contributed by atoms with E-state index in [4.69, 9.17) is 14.8 Å². The van der Waals surface area contributed by atoms with Crippen molar-refractivity contribution in [2.24, 2.45) is 0 Å². The van der Waals surface area contributed by atoms with E-state index in [1.807, 2.05) is 53.5 Å². The summed E-state index contributed by atoms with van der Waals surface area (Å²) >= 11 is 0. The summed E-state index contributed by atoms with van der Waals surface area (Å²) in [5.41, 5.74) is 5.11. The molecule has 202 valence electrons. The largest absolute Gasteiger partial charge is 0.466 e. The Morgan fingerprint density at radius 3 is 2.74 bits per heavy atom. The third kappa shape index (κ3) is 6.82. The van der Waals surface area contributed by atoms with Gasteiger partial charge in [-0.05, 0) is 73.9 Å². The van der Waals surface area contributed by atoms with E-state index < -0.39 is 0 Å². The topological polar surface area (TPSA) is 91.0 Å². The number of nitrogens with one attached hydrogen (secondary N) is 1. The second-order valence-electron chi connectivity index (χ2n) is 9.92. The molecule has 1 aliphatic heterocycles. The summed E-state index contributed by atoms with van der Waals surface area (Å²) in [5, 5.41) is 8.23. The first-order valence-corrected chi connectivity index (χ1v) is 13.8. The molecule has 0 aliphatic carbocycles. The maximum atomic E-state index is 12.6. The van der Waals surface area contributed by atoms with E-state index in [1.54, 1.807) is 23.6 Å². The Morgan fingerprint density at radius 2 is 1.90 bits per heavy atom. The van der Waals surface area contributed by atoms with Crippen molar-refractivity contribution >= 4 is 11.8 Å². The van der Waals surface area contributed by atoms with Crippen molar-refractivity contribution in [3.8, 4) is 0 Å². The van der Waals surface area contributed by atoms with Crippen LogP contribution in [-0.4, -0.2) is 38.5 Å². The molecule has 1 aliphatic rings. The predicted octanol–water partition coefficient (Wildman–Crippen LogP) is 4.56. The van der Waals surface area contributed by atoms with Gasteiger partial charge in [-0.25, -0.2) is 4.98 Å². The van der Waals surface area contributed by atoms with Crippen LogP contribution in [0.4, 0.5) is 5.82 Å². The molecule has 1 N–H and O–H groups in total. The summed E-state index contributed by atoms with van der Waals surface area (Å²) in [4.78, 5) is 30.0. The Morgan fingerprint density at radius 1 is 1.05 bits per heavy atom. The lowest BCUT2D eigenvalue weighted by molar-refractivity contribution is -0.143. The number of carbonyl (C=O) groups excluding carboxylic acids is 1. The maximum absolute atomic E-state index is 12.6. The summed E-state index contributed by atoms with van der Waals surface area (Å²) in [6.07, 6.45) is 8.71. The number of fused-ring (bicyclic) bond motifs is 1. The van der Waals surface area contributed by atoms with Crippen LogP contribution in [0.25, 0.3) is 0 Å². The molecule has 8 heteroatoms. The quantitative estimate of drug-likeness (QED) is 0.289. The minimum atomic E-state index is -0.381. The van der Waals surface area contributed by atoms with Crippen LogP contribution in [0.2, 0.25) is 0 Å². The highest BCUT2D eigenvalue weighted by atomic mass is 16.5. The summed E-state index contributed by atoms with van der Waals surface area (Å²) in [7, 11) is 0. The Hall–Kier alpha value is -4.20. The summed E-state index contributed by atoms with van der Waals surface area (Å²) in [5.74, 6) is 0.728. The molecule has 0 spiro atoms. The molecule has 39 heavy (non-hydrogen) atoms. The van der Waals surface area contributed by atoms with Gasteiger partial charge in [0.15, 0.2) is 0 Å². The number of aromatic nitrogens is 4. The first-order chi connectivity index (χ1) is 19.1. The Labute approximate surface area is 228 Å². The lowest BCUT2D eigenvalue weighted by Gasteiger charge is -2.19. The molecule has 0 unspecified atom stereocenters. The lowest BCUT2D eigenvalue weighted by atomic mass is 10.1. The number of hydrogen-bond donors (Lipinski definition) is 1. The van der Waals surface area contributed by atoms with Crippen LogP contribution in [0.15, 0.2) is 77.9 Å². The zero-order valence-electron chi connectivity index (χ0n) is 22.4. The molecule has 5 rings (SSSR count). The van der Waals surface area contributed by atoms with Gasteiger partial charge in [0.05, 0.1) is 31.3 Å². The first kappa shape index (κ1) is 26.4. The van der Waals surface area contributed by atoms with E-state index >= 15 is 0 Å². The standard InChI is InChI=1S/C31H35N5O3/c1-2-39-30(38)20-28(25-14-16-29(37)35(22-25)21-23-8-4-3-5-9-23)36-19-17-27(34-36)12-6-11-26-15-13-24-10-7-18-32-31(24)33-26/h3-5,8-9,13-17,19,22,28H,2,6-7,10-12,18,20-21H2,1H3,(H,32,33)/t28-/m0/s1. The molecule has 4 heterocycles. The molecule has 0 fully saturated rings. The fraction of sp³-hybridized carbons (Fsp3) is 0.355. The summed E-state index contributed by atoms with van der Waals surface area (Å²) in [6.45, 7) is 3.55. The molecular formula is C31H35N5O3. The monoisotopic (exact) mass is 525 g/mol. The van der Waals surface area contributed by atoms with Crippen LogP contribution >= 0.6 is 0 Å². The average Bonchev–Trinajstić information content (AvgIpc) is 3.42. The van der Waals surface area contributed by atoms with Gasteiger partial charge in [0.25, 0.3) is 5.56 Å². The average molecular weight is 526 g/mol. The van der Waals surface area contributed by atoms with Crippen molar-refractivity contribution in [2.45, 2.75) is 58.0 Å². The molecule has 4 aromatic rings. The van der Waals surface area contributed by atoms with E-state index in [2.05, 4.69) is 17.4 Å². The van der Waals surface area contributed by atoms with Gasteiger partial charge in [-0.1, -0.05) is 36.4 Å². The van der Waals surface area contributed by atoms with Crippen molar-refractivity contribution < 1.29 is 9.53 Å². The first-order valence-electron chi connectivity index (χ1n) is 13.8. The molecule has 1 atom stereocenters. The molecule has 0 amide bonds. The number of ether oxygens (including phenoxy) is 1. The number of pyridine rings is 2. The van der Waals surface area contributed by atoms with E-state index in [-0.39, 0.29) is 24.0 Å². The molecule has 0 bridgehead atoms. The highest BCUT2D eigenvalue weighted by molar-refractivity contribution is 5.70. The van der Waals surface area contributed by atoms with Crippen LogP contribution in [0.1, 0.15) is 60.3 Å². The zero-order valence-corrected chi connectivity index (χ0v) is 22.4. The summed E-state index contributed by atoms with van der Waals surface area (Å²) < 4.78 is 8.76. The van der Waals surface area contributed by atoms with Gasteiger partial charge in [0.1, 0.15) is 5.82 Å². The number of carbonyl (C=O) groups is 1. The normalized spacial score (nSPS) is 13.4. The molecule has 0 saturated heterocycles. The number of rotatable bonds is 11. The van der Waals surface area contributed by atoms with Gasteiger partial charge < -0.3 is 14.6 Å². The number of aryl methyl sites for hydroxylation is 3. The molecule has 3 aromatic heterocycles. The van der Waals surface area contributed by atoms with Crippen molar-refractivity contribution in [3.05, 3.63) is 111 Å². The van der Waals surface area contributed by atoms with Gasteiger partial charge in [0, 0.05) is 30.7 Å². The minimum absolute atomic E-state index is 0.0929. The second-order valence-corrected chi connectivity index (χ2v) is 9.92. The van der Waals surface area contributed by atoms with Crippen molar-refractivity contribution in [2.75, 3.05) is 18.5 Å². The van der Waals surface area contributed by atoms with Gasteiger partial charge in [0.2, 0.25) is 0 Å². The van der Waals surface area contributed by atoms with Crippen molar-refractivity contribution in [3.63, 3.8) is 0 Å². The van der Waals surface area contributed by atoms with Gasteiger partial charge >= 0.3 is 5.97 Å². The molecular weight excluding hydrogens is 490 g/mol. The van der Waals surface area contributed by atoms with Crippen LogP contribution in [0.3, 0.4) is 0 Å². The van der Waals surface area contributed by atoms with Crippen LogP contribution in [-0.2, 0) is 35.3 Å². The van der Waals surface area contributed by atoms with Gasteiger partial charge in [-0.15, -0.1) is 0 Å². The van der Waals surface area contributed by atoms with Crippen molar-refractivity contribution in [1.29, 1.82) is 0 Å². The number of esters is 1. The number of benzene rings is 1.